The zero-order valence-corrected chi connectivity index (χ0v) is 30.7. The van der Waals surface area contributed by atoms with Gasteiger partial charge in [0, 0.05) is 13.2 Å². The molecule has 0 spiro atoms. The zero-order chi connectivity index (χ0) is 33.1. The van der Waals surface area contributed by atoms with Gasteiger partial charge in [-0.2, -0.15) is 0 Å². The zero-order valence-electron chi connectivity index (χ0n) is 29.9. The normalized spacial score (nSPS) is 43.1. The molecule has 0 unspecified atom stereocenters. The average molecular weight is 664 g/mol. The molecule has 1 saturated heterocycles. The van der Waals surface area contributed by atoms with E-state index >= 15 is 0 Å². The summed E-state index contributed by atoms with van der Waals surface area (Å²) < 4.78 is 12.2. The minimum atomic E-state index is -1.21. The Kier molecular flexibility index (Phi) is 13.1. The van der Waals surface area contributed by atoms with Crippen LogP contribution in [-0.4, -0.2) is 70.2 Å². The summed E-state index contributed by atoms with van der Waals surface area (Å²) in [5.41, 5.74) is 7.78. The maximum Gasteiger partial charge on any atom is 0.132 e. The predicted octanol–water partition coefficient (Wildman–Crippen LogP) is 7.47. The van der Waals surface area contributed by atoms with Crippen molar-refractivity contribution < 1.29 is 24.8 Å². The fourth-order valence-electron chi connectivity index (χ4n) is 11.1. The Hall–Kier alpha value is -0.150. The SMILES string of the molecule is CC(C)CCC[C@@H](C)[C@H]1CC[C@H]2[C@@H]3CC=C4C[C@@H](OCCCCCCS[C@H]5O[C@H](CN)[C@@H](O)[C@H](O)[C@@H]5O)CC[C@]4(C)[C@H]3CC[C@]12C. The number of unbranched alkanes of at least 4 members (excludes halogenated alkanes) is 3. The van der Waals surface area contributed by atoms with Gasteiger partial charge >= 0.3 is 0 Å². The molecule has 3 saturated carbocycles. The molecule has 5 N–H and O–H groups in total. The van der Waals surface area contributed by atoms with Crippen LogP contribution in [0, 0.1) is 46.3 Å². The van der Waals surface area contributed by atoms with Crippen LogP contribution in [0.3, 0.4) is 0 Å². The summed E-state index contributed by atoms with van der Waals surface area (Å²) in [6, 6.07) is 0. The lowest BCUT2D eigenvalue weighted by Gasteiger charge is -2.58. The maximum absolute atomic E-state index is 10.3. The summed E-state index contributed by atoms with van der Waals surface area (Å²) in [4.78, 5) is 0. The number of rotatable bonds is 15. The molecule has 46 heavy (non-hydrogen) atoms. The van der Waals surface area contributed by atoms with Crippen LogP contribution in [-0.2, 0) is 9.47 Å². The Labute approximate surface area is 285 Å². The van der Waals surface area contributed by atoms with E-state index in [1.807, 2.05) is 0 Å². The van der Waals surface area contributed by atoms with Crippen molar-refractivity contribution in [3.63, 3.8) is 0 Å². The number of hydrogen-bond donors (Lipinski definition) is 4. The lowest BCUT2D eigenvalue weighted by Crippen LogP contribution is -2.58. The molecule has 266 valence electrons. The number of aliphatic hydroxyl groups excluding tert-OH is 3. The first-order valence-electron chi connectivity index (χ1n) is 19.3. The van der Waals surface area contributed by atoms with Gasteiger partial charge in [-0.05, 0) is 116 Å². The highest BCUT2D eigenvalue weighted by Crippen LogP contribution is 2.67. The standard InChI is InChI=1S/C39H69NO5S/c1-25(2)11-10-12-26(3)30-15-16-31-29-14-13-27-23-28(17-19-38(27,4)32(29)18-20-39(30,31)5)44-21-8-6-7-9-22-46-37-36(43)35(42)34(41)33(24-40)45-37/h13,25-26,28-37,41-43H,6-12,14-24,40H2,1-5H3/t26-,28+,29+,30-,31+,32+,33-,34-,35+,36+,37-,38+,39-/m1/s1. The Bertz CT molecular complexity index is 991. The molecule has 13 atom stereocenters. The first-order valence-corrected chi connectivity index (χ1v) is 20.4. The molecule has 0 aromatic heterocycles. The van der Waals surface area contributed by atoms with Crippen LogP contribution in [0.25, 0.3) is 0 Å². The summed E-state index contributed by atoms with van der Waals surface area (Å²) in [6.45, 7) is 13.6. The predicted molar refractivity (Wildman–Crippen MR) is 189 cm³/mol. The molecule has 1 heterocycles. The molecule has 0 amide bonds. The Morgan fingerprint density at radius 1 is 0.913 bits per heavy atom. The third kappa shape index (κ3) is 7.92. The first kappa shape index (κ1) is 37.1. The van der Waals surface area contributed by atoms with Crippen molar-refractivity contribution in [1.29, 1.82) is 0 Å². The summed E-state index contributed by atoms with van der Waals surface area (Å²) in [5, 5.41) is 30.3. The largest absolute Gasteiger partial charge is 0.388 e. The van der Waals surface area contributed by atoms with Crippen molar-refractivity contribution in [2.45, 2.75) is 167 Å². The number of fused-ring (bicyclic) bond motifs is 5. The van der Waals surface area contributed by atoms with E-state index in [2.05, 4.69) is 40.7 Å². The van der Waals surface area contributed by atoms with E-state index in [-0.39, 0.29) is 6.54 Å². The van der Waals surface area contributed by atoms with Crippen LogP contribution in [0.1, 0.15) is 131 Å². The summed E-state index contributed by atoms with van der Waals surface area (Å²) >= 11 is 1.51. The number of aliphatic hydroxyl groups is 3. The van der Waals surface area contributed by atoms with Crippen molar-refractivity contribution in [3.05, 3.63) is 11.6 Å². The number of ether oxygens (including phenoxy) is 2. The minimum Gasteiger partial charge on any atom is -0.388 e. The molecule has 0 aromatic rings. The quantitative estimate of drug-likeness (QED) is 0.106. The average Bonchev–Trinajstić information content (AvgIpc) is 3.39. The number of hydrogen-bond acceptors (Lipinski definition) is 7. The van der Waals surface area contributed by atoms with Gasteiger partial charge in [0.25, 0.3) is 0 Å². The van der Waals surface area contributed by atoms with Crippen LogP contribution < -0.4 is 5.73 Å². The van der Waals surface area contributed by atoms with Crippen LogP contribution in [0.4, 0.5) is 0 Å². The smallest absolute Gasteiger partial charge is 0.132 e. The highest BCUT2D eigenvalue weighted by Gasteiger charge is 2.59. The van der Waals surface area contributed by atoms with E-state index in [0.717, 1.165) is 80.0 Å². The van der Waals surface area contributed by atoms with Gasteiger partial charge in [-0.3, -0.25) is 0 Å². The molecule has 1 aliphatic heterocycles. The third-order valence-corrected chi connectivity index (χ3v) is 15.1. The van der Waals surface area contributed by atoms with E-state index in [4.69, 9.17) is 15.2 Å². The van der Waals surface area contributed by atoms with Gasteiger partial charge in [-0.15, -0.1) is 11.8 Å². The third-order valence-electron chi connectivity index (χ3n) is 13.8. The Morgan fingerprint density at radius 3 is 2.46 bits per heavy atom. The van der Waals surface area contributed by atoms with Crippen LogP contribution in [0.5, 0.6) is 0 Å². The van der Waals surface area contributed by atoms with E-state index in [1.54, 1.807) is 5.57 Å². The maximum atomic E-state index is 10.3. The van der Waals surface area contributed by atoms with Crippen molar-refractivity contribution in [3.8, 4) is 0 Å². The lowest BCUT2D eigenvalue weighted by atomic mass is 9.47. The number of allylic oxidation sites excluding steroid dienone is 1. The molecule has 0 bridgehead atoms. The molecule has 7 heteroatoms. The fourth-order valence-corrected chi connectivity index (χ4v) is 12.2. The van der Waals surface area contributed by atoms with Crippen molar-refractivity contribution in [1.82, 2.24) is 0 Å². The van der Waals surface area contributed by atoms with Gasteiger partial charge in [0.15, 0.2) is 0 Å². The van der Waals surface area contributed by atoms with Crippen molar-refractivity contribution in [2.24, 2.45) is 52.1 Å². The van der Waals surface area contributed by atoms with Crippen LogP contribution in [0.2, 0.25) is 0 Å². The first-order chi connectivity index (χ1) is 22.0. The van der Waals surface area contributed by atoms with Crippen LogP contribution >= 0.6 is 11.8 Å². The highest BCUT2D eigenvalue weighted by atomic mass is 32.2. The topological polar surface area (TPSA) is 105 Å². The molecule has 0 aromatic carbocycles. The lowest BCUT2D eigenvalue weighted by molar-refractivity contribution is -0.194. The van der Waals surface area contributed by atoms with Gasteiger partial charge in [-0.1, -0.05) is 78.4 Å². The monoisotopic (exact) mass is 663 g/mol. The van der Waals surface area contributed by atoms with Gasteiger partial charge in [-0.25, -0.2) is 0 Å². The van der Waals surface area contributed by atoms with Crippen molar-refractivity contribution in [2.75, 3.05) is 18.9 Å². The van der Waals surface area contributed by atoms with Crippen molar-refractivity contribution >= 4 is 11.8 Å². The molecule has 4 aliphatic carbocycles. The molecule has 4 fully saturated rings. The van der Waals surface area contributed by atoms with Gasteiger partial charge < -0.3 is 30.5 Å². The molecule has 5 aliphatic rings. The second kappa shape index (κ2) is 16.2. The van der Waals surface area contributed by atoms with E-state index in [0.29, 0.717) is 16.9 Å². The summed E-state index contributed by atoms with van der Waals surface area (Å²) in [6.07, 6.45) is 18.4. The molecular weight excluding hydrogens is 594 g/mol. The molecule has 6 nitrogen and oxygen atoms in total. The van der Waals surface area contributed by atoms with E-state index in [1.165, 1.54) is 76.0 Å². The minimum absolute atomic E-state index is 0.124. The fraction of sp³-hybridized carbons (Fsp3) is 0.949. The number of thioether (sulfide) groups is 1. The number of nitrogens with two attached hydrogens (primary N) is 1. The summed E-state index contributed by atoms with van der Waals surface area (Å²) in [7, 11) is 0. The summed E-state index contributed by atoms with van der Waals surface area (Å²) in [5.74, 6) is 6.17. The van der Waals surface area contributed by atoms with Gasteiger partial charge in [0.05, 0.1) is 12.2 Å². The molecule has 0 radical (unpaired) electrons. The second-order valence-corrected chi connectivity index (χ2v) is 18.3. The van der Waals surface area contributed by atoms with Gasteiger partial charge in [0.1, 0.15) is 23.7 Å². The Balaban J connectivity index is 1.02. The molecular formula is C39H69NO5S. The van der Waals surface area contributed by atoms with Gasteiger partial charge in [0.2, 0.25) is 0 Å². The van der Waals surface area contributed by atoms with Crippen LogP contribution in [0.15, 0.2) is 11.6 Å². The highest BCUT2D eigenvalue weighted by molar-refractivity contribution is 7.99. The van der Waals surface area contributed by atoms with E-state index < -0.39 is 29.9 Å². The van der Waals surface area contributed by atoms with E-state index in [9.17, 15) is 15.3 Å². The second-order valence-electron chi connectivity index (χ2n) is 17.1. The molecule has 5 rings (SSSR count). The Morgan fingerprint density at radius 2 is 1.70 bits per heavy atom.